The van der Waals surface area contributed by atoms with Gasteiger partial charge in [-0.1, -0.05) is 13.8 Å². The summed E-state index contributed by atoms with van der Waals surface area (Å²) in [5, 5.41) is 9.01. The number of nitrogens with zero attached hydrogens (tertiary/aromatic N) is 1. The van der Waals surface area contributed by atoms with Crippen molar-refractivity contribution >= 4 is 5.78 Å². The summed E-state index contributed by atoms with van der Waals surface area (Å²) >= 11 is 0. The number of ether oxygens (including phenoxy) is 1. The zero-order valence-electron chi connectivity index (χ0n) is 9.38. The first-order valence-corrected chi connectivity index (χ1v) is 5.57. The Morgan fingerprint density at radius 1 is 1.53 bits per heavy atom. The topological polar surface area (TPSA) is 50.1 Å². The summed E-state index contributed by atoms with van der Waals surface area (Å²) in [6, 6.07) is 2.13. The minimum absolute atomic E-state index is 0.0890. The maximum Gasteiger partial charge on any atom is 0.155 e. The van der Waals surface area contributed by atoms with E-state index in [1.54, 1.807) is 0 Å². The van der Waals surface area contributed by atoms with Crippen LogP contribution in [0.4, 0.5) is 0 Å². The predicted octanol–water partition coefficient (Wildman–Crippen LogP) is 2.06. The van der Waals surface area contributed by atoms with E-state index in [0.29, 0.717) is 6.42 Å². The van der Waals surface area contributed by atoms with Gasteiger partial charge < -0.3 is 4.74 Å². The van der Waals surface area contributed by atoms with Crippen molar-refractivity contribution in [3.63, 3.8) is 0 Å². The van der Waals surface area contributed by atoms with Crippen LogP contribution >= 0.6 is 0 Å². The second kappa shape index (κ2) is 3.31. The fraction of sp³-hybridized carbons (Fsp3) is 0.833. The second-order valence-electron chi connectivity index (χ2n) is 5.45. The van der Waals surface area contributed by atoms with Gasteiger partial charge in [0, 0.05) is 12.0 Å². The molecule has 2 aliphatic rings. The lowest BCUT2D eigenvalue weighted by atomic mass is 9.64. The van der Waals surface area contributed by atoms with Gasteiger partial charge in [0.05, 0.1) is 11.7 Å². The Bertz CT molecular complexity index is 321. The van der Waals surface area contributed by atoms with E-state index in [0.717, 1.165) is 25.9 Å². The molecule has 0 aromatic heterocycles. The molecule has 2 fully saturated rings. The van der Waals surface area contributed by atoms with E-state index in [4.69, 9.17) is 10.00 Å². The van der Waals surface area contributed by atoms with Crippen LogP contribution in [-0.4, -0.2) is 18.0 Å². The van der Waals surface area contributed by atoms with Crippen LogP contribution in [0.5, 0.6) is 0 Å². The molecule has 2 atom stereocenters. The summed E-state index contributed by atoms with van der Waals surface area (Å²) in [4.78, 5) is 11.9. The molecule has 1 aliphatic heterocycles. The summed E-state index contributed by atoms with van der Waals surface area (Å²) < 4.78 is 5.79. The van der Waals surface area contributed by atoms with E-state index in [2.05, 4.69) is 6.07 Å². The maximum absolute atomic E-state index is 11.9. The quantitative estimate of drug-likeness (QED) is 0.611. The Labute approximate surface area is 90.4 Å². The minimum Gasteiger partial charge on any atom is -0.375 e. The summed E-state index contributed by atoms with van der Waals surface area (Å²) in [5.41, 5.74) is -0.583. The maximum atomic E-state index is 11.9. The van der Waals surface area contributed by atoms with Crippen molar-refractivity contribution in [1.29, 1.82) is 5.26 Å². The van der Waals surface area contributed by atoms with Crippen LogP contribution in [0.25, 0.3) is 0 Å². The predicted molar refractivity (Wildman–Crippen MR) is 55.0 cm³/mol. The lowest BCUT2D eigenvalue weighted by Gasteiger charge is -2.42. The Balaban J connectivity index is 2.27. The van der Waals surface area contributed by atoms with Gasteiger partial charge in [-0.05, 0) is 25.7 Å². The molecule has 0 N–H and O–H groups in total. The molecule has 1 spiro atoms. The van der Waals surface area contributed by atoms with Crippen LogP contribution in [0.2, 0.25) is 0 Å². The normalized spacial score (nSPS) is 39.3. The molecular weight excluding hydrogens is 190 g/mol. The van der Waals surface area contributed by atoms with Gasteiger partial charge >= 0.3 is 0 Å². The fourth-order valence-electron chi connectivity index (χ4n) is 3.06. The SMILES string of the molecule is CC1(C)CC2(CCCO2)CC(C#N)C1=O. The highest BCUT2D eigenvalue weighted by atomic mass is 16.5. The van der Waals surface area contributed by atoms with Crippen molar-refractivity contribution < 1.29 is 9.53 Å². The highest BCUT2D eigenvalue weighted by molar-refractivity contribution is 5.89. The molecule has 1 saturated heterocycles. The van der Waals surface area contributed by atoms with Crippen LogP contribution in [-0.2, 0) is 9.53 Å². The smallest absolute Gasteiger partial charge is 0.155 e. The number of rotatable bonds is 0. The van der Waals surface area contributed by atoms with Gasteiger partial charge in [0.15, 0.2) is 5.78 Å². The van der Waals surface area contributed by atoms with E-state index >= 15 is 0 Å². The second-order valence-corrected chi connectivity index (χ2v) is 5.45. The Kier molecular flexibility index (Phi) is 2.35. The molecule has 2 rings (SSSR count). The summed E-state index contributed by atoms with van der Waals surface area (Å²) in [6.45, 7) is 4.65. The lowest BCUT2D eigenvalue weighted by Crippen LogP contribution is -2.48. The molecule has 1 aliphatic carbocycles. The van der Waals surface area contributed by atoms with Crippen LogP contribution in [0.15, 0.2) is 0 Å². The zero-order valence-corrected chi connectivity index (χ0v) is 9.38. The molecule has 3 nitrogen and oxygen atoms in total. The van der Waals surface area contributed by atoms with Gasteiger partial charge in [0.1, 0.15) is 5.92 Å². The molecule has 15 heavy (non-hydrogen) atoms. The summed E-state index contributed by atoms with van der Waals surface area (Å²) in [5.74, 6) is -0.377. The molecule has 0 amide bonds. The number of hydrogen-bond donors (Lipinski definition) is 0. The van der Waals surface area contributed by atoms with Crippen molar-refractivity contribution in [2.75, 3.05) is 6.61 Å². The number of nitriles is 1. The number of Topliss-reactive ketones (excluding diaryl/α,β-unsaturated/α-hetero) is 1. The Morgan fingerprint density at radius 3 is 2.80 bits per heavy atom. The molecule has 0 bridgehead atoms. The Morgan fingerprint density at radius 2 is 2.27 bits per heavy atom. The number of ketones is 1. The van der Waals surface area contributed by atoms with Crippen LogP contribution in [0.3, 0.4) is 0 Å². The molecule has 1 heterocycles. The molecule has 2 unspecified atom stereocenters. The standard InChI is InChI=1S/C12H17NO2/c1-11(2)8-12(4-3-5-15-12)6-9(7-13)10(11)14/h9H,3-6,8H2,1-2H3. The average molecular weight is 207 g/mol. The molecule has 3 heteroatoms. The fourth-order valence-corrected chi connectivity index (χ4v) is 3.06. The largest absolute Gasteiger partial charge is 0.375 e. The van der Waals surface area contributed by atoms with Crippen LogP contribution in [0, 0.1) is 22.7 Å². The molecule has 0 aromatic rings. The number of carbonyl (C=O) groups excluding carboxylic acids is 1. The third-order valence-corrected chi connectivity index (χ3v) is 3.66. The van der Waals surface area contributed by atoms with Crippen LogP contribution in [0.1, 0.15) is 39.5 Å². The molecular formula is C12H17NO2. The average Bonchev–Trinajstić information content (AvgIpc) is 2.59. The molecule has 0 aromatic carbocycles. The Hall–Kier alpha value is -0.880. The van der Waals surface area contributed by atoms with E-state index in [-0.39, 0.29) is 11.4 Å². The third-order valence-electron chi connectivity index (χ3n) is 3.66. The van der Waals surface area contributed by atoms with Gasteiger partial charge in [-0.2, -0.15) is 5.26 Å². The summed E-state index contributed by atoms with van der Waals surface area (Å²) in [6.07, 6.45) is 3.44. The van der Waals surface area contributed by atoms with Crippen LogP contribution < -0.4 is 0 Å². The summed E-state index contributed by atoms with van der Waals surface area (Å²) in [7, 11) is 0. The number of hydrogen-bond acceptors (Lipinski definition) is 3. The molecule has 82 valence electrons. The van der Waals surface area contributed by atoms with Crippen molar-refractivity contribution in [1.82, 2.24) is 0 Å². The molecule has 1 saturated carbocycles. The van der Waals surface area contributed by atoms with E-state index in [9.17, 15) is 4.79 Å². The zero-order chi connectivity index (χ0) is 11.1. The lowest BCUT2D eigenvalue weighted by molar-refractivity contribution is -0.144. The van der Waals surface area contributed by atoms with Gasteiger partial charge in [-0.3, -0.25) is 4.79 Å². The first-order valence-electron chi connectivity index (χ1n) is 5.57. The van der Waals surface area contributed by atoms with E-state index in [1.165, 1.54) is 0 Å². The van der Waals surface area contributed by atoms with Gasteiger partial charge in [-0.25, -0.2) is 0 Å². The highest BCUT2D eigenvalue weighted by Crippen LogP contribution is 2.47. The van der Waals surface area contributed by atoms with Gasteiger partial charge in [-0.15, -0.1) is 0 Å². The van der Waals surface area contributed by atoms with Crippen molar-refractivity contribution in [3.8, 4) is 6.07 Å². The first kappa shape index (κ1) is 10.6. The van der Waals surface area contributed by atoms with Crippen molar-refractivity contribution in [3.05, 3.63) is 0 Å². The third kappa shape index (κ3) is 1.68. The van der Waals surface area contributed by atoms with E-state index < -0.39 is 11.3 Å². The number of carbonyl (C=O) groups is 1. The van der Waals surface area contributed by atoms with Gasteiger partial charge in [0.25, 0.3) is 0 Å². The highest BCUT2D eigenvalue weighted by Gasteiger charge is 2.51. The van der Waals surface area contributed by atoms with Gasteiger partial charge in [0.2, 0.25) is 0 Å². The van der Waals surface area contributed by atoms with E-state index in [1.807, 2.05) is 13.8 Å². The molecule has 0 radical (unpaired) electrons. The minimum atomic E-state index is -0.466. The first-order chi connectivity index (χ1) is 6.99. The monoisotopic (exact) mass is 207 g/mol. The van der Waals surface area contributed by atoms with Crippen molar-refractivity contribution in [2.45, 2.75) is 45.1 Å². The van der Waals surface area contributed by atoms with Crippen molar-refractivity contribution in [2.24, 2.45) is 11.3 Å².